The quantitative estimate of drug-likeness (QED) is 0.167. The Bertz CT molecular complexity index is 2570. The van der Waals surface area contributed by atoms with E-state index in [-0.39, 0.29) is 0 Å². The van der Waals surface area contributed by atoms with Crippen molar-refractivity contribution >= 4 is 49.4 Å². The average molecular weight is 624 g/mol. The van der Waals surface area contributed by atoms with Crippen LogP contribution in [0, 0.1) is 0 Å². The average Bonchev–Trinajstić information content (AvgIpc) is 3.19. The van der Waals surface area contributed by atoms with E-state index >= 15 is 0 Å². The highest BCUT2D eigenvalue weighted by atomic mass is 15.1. The van der Waals surface area contributed by atoms with Gasteiger partial charge in [-0.3, -0.25) is 0 Å². The standard InChI is InChI=1S/C48H33N/c1-3-12-34(13-4-1)36-22-24-37(25-23-36)38-26-29-42(30-27-38)49(43-19-11-18-40(32-43)35-14-5-2-6-15-35)47-33-41-17-8-9-20-44(41)46-31-28-39-16-7-10-21-45(39)48(46)47/h1-33H. The molecule has 0 aliphatic heterocycles. The van der Waals surface area contributed by atoms with Crippen molar-refractivity contribution in [3.8, 4) is 33.4 Å². The lowest BCUT2D eigenvalue weighted by Gasteiger charge is -2.29. The molecule has 230 valence electrons. The Morgan fingerprint density at radius 2 is 0.776 bits per heavy atom. The van der Waals surface area contributed by atoms with E-state index in [1.165, 1.54) is 65.7 Å². The van der Waals surface area contributed by atoms with E-state index in [4.69, 9.17) is 0 Å². The lowest BCUT2D eigenvalue weighted by atomic mass is 9.94. The van der Waals surface area contributed by atoms with E-state index in [2.05, 4.69) is 205 Å². The van der Waals surface area contributed by atoms with E-state index in [0.717, 1.165) is 17.1 Å². The zero-order valence-corrected chi connectivity index (χ0v) is 27.0. The summed E-state index contributed by atoms with van der Waals surface area (Å²) in [4.78, 5) is 2.44. The molecule has 9 rings (SSSR count). The first-order valence-electron chi connectivity index (χ1n) is 16.8. The molecule has 0 saturated heterocycles. The second kappa shape index (κ2) is 12.3. The number of rotatable bonds is 6. The van der Waals surface area contributed by atoms with Crippen molar-refractivity contribution in [3.05, 3.63) is 200 Å². The molecule has 0 fully saturated rings. The van der Waals surface area contributed by atoms with Gasteiger partial charge in [0, 0.05) is 16.8 Å². The number of anilines is 3. The smallest absolute Gasteiger partial charge is 0.0552 e. The normalized spacial score (nSPS) is 11.3. The van der Waals surface area contributed by atoms with Crippen LogP contribution in [0.3, 0.4) is 0 Å². The number of benzene rings is 9. The first-order chi connectivity index (χ1) is 24.3. The van der Waals surface area contributed by atoms with Gasteiger partial charge in [-0.25, -0.2) is 0 Å². The maximum absolute atomic E-state index is 2.44. The van der Waals surface area contributed by atoms with E-state index in [0.29, 0.717) is 0 Å². The minimum atomic E-state index is 1.11. The fourth-order valence-electron chi connectivity index (χ4n) is 7.21. The van der Waals surface area contributed by atoms with E-state index in [1.807, 2.05) is 0 Å². The van der Waals surface area contributed by atoms with Crippen LogP contribution in [-0.4, -0.2) is 0 Å². The Morgan fingerprint density at radius 3 is 1.45 bits per heavy atom. The van der Waals surface area contributed by atoms with Gasteiger partial charge < -0.3 is 4.90 Å². The highest BCUT2D eigenvalue weighted by Crippen LogP contribution is 2.45. The summed E-state index contributed by atoms with van der Waals surface area (Å²) in [6, 6.07) is 72.5. The van der Waals surface area contributed by atoms with Gasteiger partial charge in [-0.1, -0.05) is 170 Å². The van der Waals surface area contributed by atoms with Crippen LogP contribution in [0.4, 0.5) is 17.1 Å². The van der Waals surface area contributed by atoms with Gasteiger partial charge >= 0.3 is 0 Å². The Labute approximate surface area is 287 Å². The highest BCUT2D eigenvalue weighted by molar-refractivity contribution is 6.23. The number of nitrogens with zero attached hydrogens (tertiary/aromatic N) is 1. The summed E-state index contributed by atoms with van der Waals surface area (Å²) in [7, 11) is 0. The third-order valence-corrected chi connectivity index (χ3v) is 9.63. The SMILES string of the molecule is c1ccc(-c2ccc(-c3ccc(N(c4cccc(-c5ccccc5)c4)c4cc5ccccc5c5ccc6ccccc6c45)cc3)cc2)cc1. The van der Waals surface area contributed by atoms with Gasteiger partial charge in [0.2, 0.25) is 0 Å². The molecule has 49 heavy (non-hydrogen) atoms. The van der Waals surface area contributed by atoms with Crippen molar-refractivity contribution < 1.29 is 0 Å². The first-order valence-corrected chi connectivity index (χ1v) is 16.8. The van der Waals surface area contributed by atoms with Gasteiger partial charge in [0.25, 0.3) is 0 Å². The first kappa shape index (κ1) is 28.8. The third kappa shape index (κ3) is 5.32. The molecule has 0 N–H and O–H groups in total. The van der Waals surface area contributed by atoms with Crippen LogP contribution in [0.2, 0.25) is 0 Å². The molecular weight excluding hydrogens is 591 g/mol. The molecule has 9 aromatic carbocycles. The fraction of sp³-hybridized carbons (Fsp3) is 0. The maximum Gasteiger partial charge on any atom is 0.0552 e. The molecule has 0 heterocycles. The lowest BCUT2D eigenvalue weighted by molar-refractivity contribution is 1.30. The maximum atomic E-state index is 2.44. The van der Waals surface area contributed by atoms with Crippen molar-refractivity contribution in [1.82, 2.24) is 0 Å². The Hall–Kier alpha value is -6.44. The number of hydrogen-bond acceptors (Lipinski definition) is 1. The van der Waals surface area contributed by atoms with Crippen LogP contribution in [-0.2, 0) is 0 Å². The molecular formula is C48H33N. The molecule has 0 bridgehead atoms. The number of fused-ring (bicyclic) bond motifs is 5. The highest BCUT2D eigenvalue weighted by Gasteiger charge is 2.20. The molecule has 1 nitrogen and oxygen atoms in total. The van der Waals surface area contributed by atoms with Gasteiger partial charge in [0.05, 0.1) is 5.69 Å². The van der Waals surface area contributed by atoms with Crippen LogP contribution >= 0.6 is 0 Å². The summed E-state index contributed by atoms with van der Waals surface area (Å²) in [6.07, 6.45) is 0. The summed E-state index contributed by atoms with van der Waals surface area (Å²) in [5.74, 6) is 0. The van der Waals surface area contributed by atoms with Crippen molar-refractivity contribution in [1.29, 1.82) is 0 Å². The van der Waals surface area contributed by atoms with E-state index < -0.39 is 0 Å². The van der Waals surface area contributed by atoms with Gasteiger partial charge in [-0.15, -0.1) is 0 Å². The second-order valence-electron chi connectivity index (χ2n) is 12.6. The molecule has 0 spiro atoms. The predicted octanol–water partition coefficient (Wildman–Crippen LogP) is 13.6. The minimum absolute atomic E-state index is 1.11. The monoisotopic (exact) mass is 623 g/mol. The largest absolute Gasteiger partial charge is 0.310 e. The summed E-state index contributed by atoms with van der Waals surface area (Å²) < 4.78 is 0. The minimum Gasteiger partial charge on any atom is -0.310 e. The summed E-state index contributed by atoms with van der Waals surface area (Å²) >= 11 is 0. The van der Waals surface area contributed by atoms with Crippen LogP contribution in [0.1, 0.15) is 0 Å². The topological polar surface area (TPSA) is 3.24 Å². The van der Waals surface area contributed by atoms with Gasteiger partial charge in [-0.2, -0.15) is 0 Å². The van der Waals surface area contributed by atoms with Crippen molar-refractivity contribution in [2.75, 3.05) is 4.90 Å². The molecule has 0 amide bonds. The molecule has 9 aromatic rings. The second-order valence-corrected chi connectivity index (χ2v) is 12.6. The Kier molecular flexibility index (Phi) is 7.22. The zero-order valence-electron chi connectivity index (χ0n) is 27.0. The van der Waals surface area contributed by atoms with E-state index in [1.54, 1.807) is 0 Å². The molecule has 0 saturated carbocycles. The van der Waals surface area contributed by atoms with Crippen LogP contribution in [0.15, 0.2) is 200 Å². The van der Waals surface area contributed by atoms with Crippen LogP contribution < -0.4 is 4.90 Å². The molecule has 0 aliphatic carbocycles. The van der Waals surface area contributed by atoms with Gasteiger partial charge in [0.15, 0.2) is 0 Å². The summed E-state index contributed by atoms with van der Waals surface area (Å²) in [5.41, 5.74) is 10.6. The molecule has 1 heteroatoms. The molecule has 0 unspecified atom stereocenters. The van der Waals surface area contributed by atoms with E-state index in [9.17, 15) is 0 Å². The summed E-state index contributed by atoms with van der Waals surface area (Å²) in [5, 5.41) is 7.48. The Balaban J connectivity index is 1.24. The Morgan fingerprint density at radius 1 is 0.265 bits per heavy atom. The van der Waals surface area contributed by atoms with Crippen molar-refractivity contribution in [3.63, 3.8) is 0 Å². The van der Waals surface area contributed by atoms with Crippen LogP contribution in [0.25, 0.3) is 65.7 Å². The van der Waals surface area contributed by atoms with Gasteiger partial charge in [-0.05, 0) is 90.6 Å². The molecule has 0 radical (unpaired) electrons. The molecule has 0 atom stereocenters. The zero-order chi connectivity index (χ0) is 32.6. The van der Waals surface area contributed by atoms with Crippen LogP contribution in [0.5, 0.6) is 0 Å². The summed E-state index contributed by atoms with van der Waals surface area (Å²) in [6.45, 7) is 0. The predicted molar refractivity (Wildman–Crippen MR) is 210 cm³/mol. The molecule has 0 aliphatic rings. The number of hydrogen-bond donors (Lipinski definition) is 0. The van der Waals surface area contributed by atoms with Crippen molar-refractivity contribution in [2.24, 2.45) is 0 Å². The third-order valence-electron chi connectivity index (χ3n) is 9.63. The van der Waals surface area contributed by atoms with Gasteiger partial charge in [0.1, 0.15) is 0 Å². The lowest BCUT2D eigenvalue weighted by Crippen LogP contribution is -2.11. The van der Waals surface area contributed by atoms with Crippen molar-refractivity contribution in [2.45, 2.75) is 0 Å². The molecule has 0 aromatic heterocycles. The fourth-order valence-corrected chi connectivity index (χ4v) is 7.21.